The van der Waals surface area contributed by atoms with Crippen LogP contribution < -0.4 is 29.6 Å². The van der Waals surface area contributed by atoms with Crippen LogP contribution in [0.15, 0.2) is 12.2 Å². The van der Waals surface area contributed by atoms with E-state index in [1.54, 1.807) is 6.92 Å². The molecule has 1 aliphatic heterocycles. The van der Waals surface area contributed by atoms with Gasteiger partial charge in [0.2, 0.25) is 10.4 Å². The van der Waals surface area contributed by atoms with E-state index >= 15 is 0 Å². The second-order valence-corrected chi connectivity index (χ2v) is 16.1. The smallest absolute Gasteiger partial charge is 0.726 e. The minimum absolute atomic E-state index is 0. The number of hydrogen-bond donors (Lipinski definition) is 6. The van der Waals surface area contributed by atoms with Crippen molar-refractivity contribution in [3.63, 3.8) is 0 Å². The number of aliphatic hydroxyl groups excluding tert-OH is 5. The molecule has 0 aromatic heterocycles. The summed E-state index contributed by atoms with van der Waals surface area (Å²) in [5, 5.41) is 65.9. The fourth-order valence-corrected chi connectivity index (χ4v) is 10.7. The van der Waals surface area contributed by atoms with Crippen LogP contribution in [0.1, 0.15) is 72.6 Å². The van der Waals surface area contributed by atoms with Gasteiger partial charge >= 0.3 is 29.6 Å². The maximum Gasteiger partial charge on any atom is 1.00 e. The monoisotopic (exact) mass is 670 g/mol. The molecular weight excluding hydrogens is 619 g/mol. The SMILES string of the molecule is CC(/C=C/[C@@H](C)[C@H]1C[C@H](O)[C@@H]2[C@]1(C)CC[C@@H]1[C@@]3(C)CC[C@H](O[C@@H]4OC[C@@H](O)[C@H](O)[C@H]4O)C[C@@H]3[C@H](O)C[C@]12O)COS(=O)(=O)[O-].[Na+]. The fraction of sp³-hybridized carbons (Fsp3) is 0.935. The van der Waals surface area contributed by atoms with Gasteiger partial charge in [-0.3, -0.25) is 4.18 Å². The number of fused-ring (bicyclic) bond motifs is 5. The molecule has 0 amide bonds. The summed E-state index contributed by atoms with van der Waals surface area (Å²) in [5.41, 5.74) is -2.07. The summed E-state index contributed by atoms with van der Waals surface area (Å²) < 4.78 is 48.4. The van der Waals surface area contributed by atoms with Crippen molar-refractivity contribution < 1.29 is 86.8 Å². The van der Waals surface area contributed by atoms with Gasteiger partial charge in [-0.25, -0.2) is 8.42 Å². The summed E-state index contributed by atoms with van der Waals surface area (Å²) >= 11 is 0. The van der Waals surface area contributed by atoms with Crippen LogP contribution in [0.25, 0.3) is 0 Å². The van der Waals surface area contributed by atoms with Gasteiger partial charge in [0, 0.05) is 12.3 Å². The molecule has 14 heteroatoms. The van der Waals surface area contributed by atoms with Crippen LogP contribution in [0.2, 0.25) is 0 Å². The van der Waals surface area contributed by atoms with E-state index < -0.39 is 69.6 Å². The zero-order chi connectivity index (χ0) is 32.4. The van der Waals surface area contributed by atoms with Crippen LogP contribution in [-0.4, -0.2) is 105 Å². The first-order chi connectivity index (χ1) is 20.4. The first kappa shape index (κ1) is 38.1. The van der Waals surface area contributed by atoms with Crippen LogP contribution in [0, 0.1) is 46.3 Å². The summed E-state index contributed by atoms with van der Waals surface area (Å²) in [6.45, 7) is 7.69. The van der Waals surface area contributed by atoms with Crippen molar-refractivity contribution >= 4 is 10.4 Å². The largest absolute Gasteiger partial charge is 1.00 e. The molecule has 45 heavy (non-hydrogen) atoms. The Hall–Kier alpha value is 0.290. The minimum Gasteiger partial charge on any atom is -0.726 e. The summed E-state index contributed by atoms with van der Waals surface area (Å²) in [6, 6.07) is 0. The molecular formula is C31H51NaO12S. The van der Waals surface area contributed by atoms with Crippen LogP contribution in [0.5, 0.6) is 0 Å². The van der Waals surface area contributed by atoms with Crippen molar-refractivity contribution in [3.05, 3.63) is 12.2 Å². The van der Waals surface area contributed by atoms with Crippen molar-refractivity contribution in [1.82, 2.24) is 0 Å². The summed E-state index contributed by atoms with van der Waals surface area (Å²) in [4.78, 5) is 0. The Morgan fingerprint density at radius 3 is 2.29 bits per heavy atom. The first-order valence-electron chi connectivity index (χ1n) is 16.1. The molecule has 16 atom stereocenters. The Bertz CT molecular complexity index is 1170. The van der Waals surface area contributed by atoms with Gasteiger partial charge in [0.05, 0.1) is 37.1 Å². The van der Waals surface area contributed by atoms with Crippen molar-refractivity contribution in [3.8, 4) is 0 Å². The molecule has 1 unspecified atom stereocenters. The third-order valence-electron chi connectivity index (χ3n) is 12.4. The molecule has 0 aromatic carbocycles. The molecule has 12 nitrogen and oxygen atoms in total. The molecule has 0 spiro atoms. The van der Waals surface area contributed by atoms with Crippen LogP contribution in [0.4, 0.5) is 0 Å². The van der Waals surface area contributed by atoms with Crippen LogP contribution in [-0.2, 0) is 24.1 Å². The molecule has 1 saturated heterocycles. The predicted octanol–water partition coefficient (Wildman–Crippen LogP) is -2.16. The van der Waals surface area contributed by atoms with Gasteiger partial charge in [-0.15, -0.1) is 0 Å². The average molecular weight is 671 g/mol. The Morgan fingerprint density at radius 1 is 0.956 bits per heavy atom. The molecule has 6 N–H and O–H groups in total. The van der Waals surface area contributed by atoms with Gasteiger partial charge in [-0.2, -0.15) is 0 Å². The third-order valence-corrected chi connectivity index (χ3v) is 12.8. The van der Waals surface area contributed by atoms with Gasteiger partial charge in [0.25, 0.3) is 0 Å². The zero-order valence-electron chi connectivity index (χ0n) is 27.1. The molecule has 0 bridgehead atoms. The van der Waals surface area contributed by atoms with Gasteiger partial charge in [-0.1, -0.05) is 39.8 Å². The minimum atomic E-state index is -4.76. The Morgan fingerprint density at radius 2 is 1.62 bits per heavy atom. The quantitative estimate of drug-likeness (QED) is 0.0537. The fourth-order valence-electron chi connectivity index (χ4n) is 10.3. The van der Waals surface area contributed by atoms with Crippen LogP contribution in [0.3, 0.4) is 0 Å². The van der Waals surface area contributed by atoms with E-state index in [1.807, 2.05) is 12.2 Å². The van der Waals surface area contributed by atoms with E-state index in [0.29, 0.717) is 25.7 Å². The van der Waals surface area contributed by atoms with E-state index in [2.05, 4.69) is 25.0 Å². The number of rotatable bonds is 8. The number of ether oxygens (including phenoxy) is 2. The van der Waals surface area contributed by atoms with Gasteiger partial charge in [0.15, 0.2) is 6.29 Å². The molecule has 5 aliphatic rings. The summed E-state index contributed by atoms with van der Waals surface area (Å²) in [7, 11) is -4.76. The van der Waals surface area contributed by atoms with Gasteiger partial charge in [0.1, 0.15) is 18.3 Å². The molecule has 4 aliphatic carbocycles. The molecule has 5 fully saturated rings. The maximum absolute atomic E-state index is 12.6. The van der Waals surface area contributed by atoms with Crippen molar-refractivity contribution in [2.24, 2.45) is 46.3 Å². The van der Waals surface area contributed by atoms with Crippen LogP contribution >= 0.6 is 0 Å². The number of allylic oxidation sites excluding steroid dienone is 1. The molecule has 0 radical (unpaired) electrons. The van der Waals surface area contributed by atoms with Gasteiger partial charge < -0.3 is 44.7 Å². The summed E-state index contributed by atoms with van der Waals surface area (Å²) in [5.74, 6) is -0.993. The van der Waals surface area contributed by atoms with E-state index in [4.69, 9.17) is 9.47 Å². The topological polar surface area (TPSA) is 206 Å². The molecule has 5 rings (SSSR count). The van der Waals surface area contributed by atoms with Crippen molar-refractivity contribution in [1.29, 1.82) is 0 Å². The maximum atomic E-state index is 12.6. The molecule has 1 heterocycles. The standard InChI is InChI=1S/C31H52O12S.Na/c1-16(14-42-44(38,39)40)5-6-17(2)19-12-21(32)27-30(19,4)10-8-24-29(3)9-7-18(11-20(29)22(33)13-31(24,27)37)43-28-26(36)25(35)23(34)15-41-28;/h5-6,16-28,32-37H,7-15H2,1-4H3,(H,38,39,40);/q;+1/p-1/b6-5+;/t16?,17-,18+,19-,20-,21+,22-,23-,24-,25+,26-,27-,28+,29+,30-,31+;/m1./s1. The second-order valence-electron chi connectivity index (χ2n) is 15.1. The normalized spacial score (nSPS) is 49.8. The Balaban J connectivity index is 0.00000461. The second kappa shape index (κ2) is 13.9. The molecule has 254 valence electrons. The van der Waals surface area contributed by atoms with Crippen molar-refractivity contribution in [2.75, 3.05) is 13.2 Å². The van der Waals surface area contributed by atoms with E-state index in [9.17, 15) is 43.6 Å². The number of hydrogen-bond acceptors (Lipinski definition) is 12. The van der Waals surface area contributed by atoms with E-state index in [-0.39, 0.29) is 84.9 Å². The predicted molar refractivity (Wildman–Crippen MR) is 155 cm³/mol. The Labute approximate surface area is 288 Å². The summed E-state index contributed by atoms with van der Waals surface area (Å²) in [6.07, 6.45) is 0.849. The first-order valence-corrected chi connectivity index (χ1v) is 17.4. The molecule has 0 aromatic rings. The Kier molecular flexibility index (Phi) is 11.8. The van der Waals surface area contributed by atoms with Gasteiger partial charge in [-0.05, 0) is 78.9 Å². The number of aliphatic hydroxyl groups is 6. The average Bonchev–Trinajstić information content (AvgIpc) is 3.22. The zero-order valence-corrected chi connectivity index (χ0v) is 29.9. The molecule has 4 saturated carbocycles. The van der Waals surface area contributed by atoms with E-state index in [0.717, 1.165) is 12.8 Å². The van der Waals surface area contributed by atoms with Crippen molar-refractivity contribution in [2.45, 2.75) is 121 Å². The third kappa shape index (κ3) is 7.15. The van der Waals surface area contributed by atoms with E-state index in [1.165, 1.54) is 0 Å².